The van der Waals surface area contributed by atoms with Gasteiger partial charge in [-0.05, 0) is 111 Å². The molecule has 0 aliphatic heterocycles. The lowest BCUT2D eigenvalue weighted by Gasteiger charge is -2.11. The predicted molar refractivity (Wildman–Crippen MR) is 148 cm³/mol. The third kappa shape index (κ3) is 7.29. The molecule has 7 heteroatoms. The molecule has 0 aromatic heterocycles. The maximum Gasteiger partial charge on any atom is 0.206 e. The maximum absolute atomic E-state index is 12.7. The highest BCUT2D eigenvalue weighted by Gasteiger charge is 2.17. The summed E-state index contributed by atoms with van der Waals surface area (Å²) >= 11 is 0. The van der Waals surface area contributed by atoms with Gasteiger partial charge in [-0.15, -0.1) is 0 Å². The molecule has 1 N–H and O–H groups in total. The van der Waals surface area contributed by atoms with Crippen molar-refractivity contribution in [1.82, 2.24) is 0 Å². The number of benzene rings is 4. The van der Waals surface area contributed by atoms with Crippen LogP contribution in [0.4, 0.5) is 0 Å². The molecule has 0 aliphatic rings. The van der Waals surface area contributed by atoms with Crippen LogP contribution >= 0.6 is 0 Å². The summed E-state index contributed by atoms with van der Waals surface area (Å²) in [5.74, 6) is 2.31. The first-order valence-corrected chi connectivity index (χ1v) is 14.1. The van der Waals surface area contributed by atoms with Gasteiger partial charge in [0.2, 0.25) is 9.84 Å². The van der Waals surface area contributed by atoms with Crippen molar-refractivity contribution < 1.29 is 27.7 Å². The van der Waals surface area contributed by atoms with Crippen molar-refractivity contribution in [1.29, 1.82) is 0 Å². The molecule has 0 bridgehead atoms. The van der Waals surface area contributed by atoms with E-state index in [0.717, 1.165) is 35.5 Å². The molecule has 4 aromatic rings. The van der Waals surface area contributed by atoms with Gasteiger partial charge in [0.25, 0.3) is 0 Å². The minimum atomic E-state index is -3.64. The van der Waals surface area contributed by atoms with Crippen molar-refractivity contribution in [2.24, 2.45) is 0 Å². The number of sulfone groups is 1. The molecule has 0 amide bonds. The fourth-order valence-electron chi connectivity index (χ4n) is 3.80. The number of hydrogen-bond acceptors (Lipinski definition) is 6. The summed E-state index contributed by atoms with van der Waals surface area (Å²) in [4.78, 5) is 0.302. The Hall–Kier alpha value is -3.97. The molecule has 0 spiro atoms. The van der Waals surface area contributed by atoms with Gasteiger partial charge in [0, 0.05) is 0 Å². The highest BCUT2D eigenvalue weighted by molar-refractivity contribution is 7.91. The number of phenolic OH excluding ortho intramolecular Hbond substituents is 1. The molecule has 4 aromatic carbocycles. The minimum absolute atomic E-state index is 0.0193. The lowest BCUT2D eigenvalue weighted by atomic mass is 10.1. The molecule has 4 rings (SSSR count). The predicted octanol–water partition coefficient (Wildman–Crippen LogP) is 6.92. The van der Waals surface area contributed by atoms with Gasteiger partial charge in [0.15, 0.2) is 0 Å². The quantitative estimate of drug-likeness (QED) is 0.200. The molecule has 0 saturated carbocycles. The molecule has 0 unspecified atom stereocenters. The average molecular weight is 533 g/mol. The third-order valence-electron chi connectivity index (χ3n) is 5.77. The SMILES string of the molecule is CC(C)Oc1ccc(-c2ccc(OCCCCOc3ccc(S(=O)(=O)c4ccc(O)cc4)cc3)cc2)cc1. The summed E-state index contributed by atoms with van der Waals surface area (Å²) in [5.41, 5.74) is 2.24. The molecule has 0 atom stereocenters. The van der Waals surface area contributed by atoms with Gasteiger partial charge in [0.1, 0.15) is 23.0 Å². The molecule has 0 radical (unpaired) electrons. The summed E-state index contributed by atoms with van der Waals surface area (Å²) in [6.45, 7) is 5.10. The molecule has 0 aliphatic carbocycles. The van der Waals surface area contributed by atoms with Crippen LogP contribution in [0.25, 0.3) is 11.1 Å². The first kappa shape index (κ1) is 27.1. The van der Waals surface area contributed by atoms with Crippen LogP contribution in [-0.4, -0.2) is 32.8 Å². The molecule has 38 heavy (non-hydrogen) atoms. The van der Waals surface area contributed by atoms with E-state index in [1.165, 1.54) is 36.4 Å². The Labute approximate surface area is 224 Å². The average Bonchev–Trinajstić information content (AvgIpc) is 2.92. The molecule has 198 valence electrons. The lowest BCUT2D eigenvalue weighted by Crippen LogP contribution is -2.05. The maximum atomic E-state index is 12.7. The van der Waals surface area contributed by atoms with Crippen LogP contribution in [0.1, 0.15) is 26.7 Å². The van der Waals surface area contributed by atoms with Gasteiger partial charge in [-0.3, -0.25) is 0 Å². The van der Waals surface area contributed by atoms with Gasteiger partial charge in [-0.1, -0.05) is 24.3 Å². The number of phenols is 1. The van der Waals surface area contributed by atoms with Gasteiger partial charge in [0.05, 0.1) is 29.1 Å². The number of rotatable bonds is 12. The number of ether oxygens (including phenoxy) is 3. The normalized spacial score (nSPS) is 11.3. The second-order valence-corrected chi connectivity index (χ2v) is 11.0. The smallest absolute Gasteiger partial charge is 0.206 e. The fourth-order valence-corrected chi connectivity index (χ4v) is 5.06. The van der Waals surface area contributed by atoms with Crippen LogP contribution in [0.15, 0.2) is 107 Å². The van der Waals surface area contributed by atoms with E-state index >= 15 is 0 Å². The van der Waals surface area contributed by atoms with Crippen molar-refractivity contribution >= 4 is 9.84 Å². The Bertz CT molecular complexity index is 1390. The van der Waals surface area contributed by atoms with Gasteiger partial charge in [-0.25, -0.2) is 8.42 Å². The van der Waals surface area contributed by atoms with E-state index in [2.05, 4.69) is 12.1 Å². The van der Waals surface area contributed by atoms with E-state index in [-0.39, 0.29) is 21.6 Å². The van der Waals surface area contributed by atoms with E-state index in [1.54, 1.807) is 12.1 Å². The Balaban J connectivity index is 1.18. The fraction of sp³-hybridized carbons (Fsp3) is 0.226. The lowest BCUT2D eigenvalue weighted by molar-refractivity contribution is 0.242. The molecule has 6 nitrogen and oxygen atoms in total. The van der Waals surface area contributed by atoms with E-state index in [1.807, 2.05) is 50.2 Å². The minimum Gasteiger partial charge on any atom is -0.508 e. The Morgan fingerprint density at radius 2 is 1.00 bits per heavy atom. The number of hydrogen-bond donors (Lipinski definition) is 1. The van der Waals surface area contributed by atoms with Crippen LogP contribution in [0.5, 0.6) is 23.0 Å². The summed E-state index contributed by atoms with van der Waals surface area (Å²) in [6.07, 6.45) is 1.78. The van der Waals surface area contributed by atoms with Gasteiger partial charge >= 0.3 is 0 Å². The summed E-state index contributed by atoms with van der Waals surface area (Å²) in [5, 5.41) is 9.38. The first-order valence-electron chi connectivity index (χ1n) is 12.6. The Morgan fingerprint density at radius 1 is 0.605 bits per heavy atom. The second-order valence-electron chi connectivity index (χ2n) is 9.09. The molecule has 0 saturated heterocycles. The Morgan fingerprint density at radius 3 is 1.45 bits per heavy atom. The van der Waals surface area contributed by atoms with Crippen LogP contribution in [0.2, 0.25) is 0 Å². The van der Waals surface area contributed by atoms with E-state index in [4.69, 9.17) is 14.2 Å². The zero-order chi connectivity index (χ0) is 27.0. The van der Waals surface area contributed by atoms with Crippen LogP contribution in [-0.2, 0) is 9.84 Å². The summed E-state index contributed by atoms with van der Waals surface area (Å²) in [6, 6.07) is 27.9. The first-order chi connectivity index (χ1) is 18.3. The molecular weight excluding hydrogens is 500 g/mol. The van der Waals surface area contributed by atoms with Crippen molar-refractivity contribution in [2.45, 2.75) is 42.6 Å². The zero-order valence-corrected chi connectivity index (χ0v) is 22.4. The monoisotopic (exact) mass is 532 g/mol. The van der Waals surface area contributed by atoms with Crippen molar-refractivity contribution in [3.63, 3.8) is 0 Å². The topological polar surface area (TPSA) is 82.1 Å². The van der Waals surface area contributed by atoms with Crippen LogP contribution in [0, 0.1) is 0 Å². The van der Waals surface area contributed by atoms with Crippen molar-refractivity contribution in [3.05, 3.63) is 97.1 Å². The molecule has 0 heterocycles. The molecular formula is C31H32O6S. The zero-order valence-electron chi connectivity index (χ0n) is 21.5. The highest BCUT2D eigenvalue weighted by atomic mass is 32.2. The van der Waals surface area contributed by atoms with E-state index in [9.17, 15) is 13.5 Å². The van der Waals surface area contributed by atoms with E-state index in [0.29, 0.717) is 19.0 Å². The highest BCUT2D eigenvalue weighted by Crippen LogP contribution is 2.26. The van der Waals surface area contributed by atoms with Crippen molar-refractivity contribution in [2.75, 3.05) is 13.2 Å². The Kier molecular flexibility index (Phi) is 8.92. The number of unbranched alkanes of at least 4 members (excludes halogenated alkanes) is 1. The number of aromatic hydroxyl groups is 1. The summed E-state index contributed by atoms with van der Waals surface area (Å²) < 4.78 is 42.7. The van der Waals surface area contributed by atoms with E-state index < -0.39 is 9.84 Å². The third-order valence-corrected chi connectivity index (χ3v) is 7.56. The van der Waals surface area contributed by atoms with Crippen LogP contribution < -0.4 is 14.2 Å². The van der Waals surface area contributed by atoms with Crippen LogP contribution in [0.3, 0.4) is 0 Å². The standard InChI is InChI=1S/C31H32O6S/c1-23(2)37-29-13-7-25(8-14-29)24-5-11-27(12-6-24)35-21-3-4-22-36-28-15-19-31(20-16-28)38(33,34)30-17-9-26(32)10-18-30/h5-20,23,32H,3-4,21-22H2,1-2H3. The van der Waals surface area contributed by atoms with Gasteiger partial charge < -0.3 is 19.3 Å². The second kappa shape index (κ2) is 12.5. The largest absolute Gasteiger partial charge is 0.508 e. The van der Waals surface area contributed by atoms with Gasteiger partial charge in [-0.2, -0.15) is 0 Å². The molecule has 0 fully saturated rings. The summed E-state index contributed by atoms with van der Waals surface area (Å²) in [7, 11) is -3.64. The van der Waals surface area contributed by atoms with Crippen molar-refractivity contribution in [3.8, 4) is 34.1 Å².